The predicted molar refractivity (Wildman–Crippen MR) is 115 cm³/mol. The molecule has 0 amide bonds. The molecule has 0 saturated carbocycles. The van der Waals surface area contributed by atoms with Crippen molar-refractivity contribution in [1.82, 2.24) is 9.66 Å². The number of hydrogen-bond acceptors (Lipinski definition) is 6. The molecule has 0 bridgehead atoms. The van der Waals surface area contributed by atoms with E-state index in [2.05, 4.69) is 9.38 Å². The minimum atomic E-state index is -1.41. The van der Waals surface area contributed by atoms with Gasteiger partial charge in [0.1, 0.15) is 16.1 Å². The van der Waals surface area contributed by atoms with Gasteiger partial charge in [-0.1, -0.05) is 4.40 Å². The lowest BCUT2D eigenvalue weighted by Crippen LogP contribution is -2.49. The highest BCUT2D eigenvalue weighted by Crippen LogP contribution is 2.23. The number of benzene rings is 1. The van der Waals surface area contributed by atoms with Gasteiger partial charge in [0.2, 0.25) is 5.28 Å². The molecule has 152 valence electrons. The molecule has 1 saturated heterocycles. The van der Waals surface area contributed by atoms with Crippen LogP contribution in [0.25, 0.3) is 10.9 Å². The van der Waals surface area contributed by atoms with Gasteiger partial charge in [0, 0.05) is 5.56 Å². The van der Waals surface area contributed by atoms with E-state index in [1.54, 1.807) is 13.0 Å². The average molecular weight is 425 g/mol. The maximum absolute atomic E-state index is 13.2. The van der Waals surface area contributed by atoms with Gasteiger partial charge in [-0.25, -0.2) is 4.98 Å². The monoisotopic (exact) mass is 424 g/mol. The summed E-state index contributed by atoms with van der Waals surface area (Å²) in [6, 6.07) is 3.69. The predicted octanol–water partition coefficient (Wildman–Crippen LogP) is 2.60. The van der Waals surface area contributed by atoms with E-state index in [9.17, 15) is 9.35 Å². The van der Waals surface area contributed by atoms with E-state index in [0.29, 0.717) is 48.5 Å². The van der Waals surface area contributed by atoms with E-state index < -0.39 is 16.1 Å². The lowest BCUT2D eigenvalue weighted by atomic mass is 10.0. The Kier molecular flexibility index (Phi) is 6.05. The van der Waals surface area contributed by atoms with Crippen molar-refractivity contribution in [3.8, 4) is 0 Å². The zero-order valence-corrected chi connectivity index (χ0v) is 18.4. The second-order valence-electron chi connectivity index (χ2n) is 7.81. The highest BCUT2D eigenvalue weighted by molar-refractivity contribution is 7.91. The normalized spacial score (nSPS) is 17.2. The molecule has 3 rings (SSSR count). The van der Waals surface area contributed by atoms with Crippen molar-refractivity contribution < 1.29 is 9.29 Å². The Bertz CT molecular complexity index is 978. The molecule has 0 radical (unpaired) electrons. The third-order valence-corrected chi connectivity index (χ3v) is 6.19. The third-order valence-electron chi connectivity index (χ3n) is 4.46. The van der Waals surface area contributed by atoms with Crippen LogP contribution in [-0.4, -0.2) is 51.0 Å². The van der Waals surface area contributed by atoms with Crippen molar-refractivity contribution >= 4 is 39.6 Å². The number of rotatable bonds is 3. The van der Waals surface area contributed by atoms with Crippen LogP contribution in [-0.2, 0) is 16.1 Å². The van der Waals surface area contributed by atoms with Crippen LogP contribution in [0.2, 0.25) is 5.28 Å². The van der Waals surface area contributed by atoms with Crippen molar-refractivity contribution in [3.05, 3.63) is 38.9 Å². The molecule has 1 atom stereocenters. The molecule has 7 nitrogen and oxygen atoms in total. The van der Waals surface area contributed by atoms with Crippen LogP contribution in [0.1, 0.15) is 38.8 Å². The Morgan fingerprint density at radius 3 is 2.57 bits per heavy atom. The van der Waals surface area contributed by atoms with Gasteiger partial charge >= 0.3 is 0 Å². The van der Waals surface area contributed by atoms with Gasteiger partial charge in [-0.05, 0) is 63.9 Å². The maximum Gasteiger partial charge on any atom is 0.281 e. The molecule has 28 heavy (non-hydrogen) atoms. The lowest BCUT2D eigenvalue weighted by molar-refractivity contribution is 0.110. The molecule has 2 heterocycles. The summed E-state index contributed by atoms with van der Waals surface area (Å²) in [5, 5.41) is 2.40. The number of ether oxygens (including phenoxy) is 1. The summed E-state index contributed by atoms with van der Waals surface area (Å²) in [6.07, 6.45) is 0. The Morgan fingerprint density at radius 1 is 1.32 bits per heavy atom. The SMILES string of the molecule is CC(=N[S+]([O-])C(C)(C)C)c1cc(C)cc2c(=O)n(N3CCOCC3)c(Cl)nc12. The lowest BCUT2D eigenvalue weighted by Gasteiger charge is -2.30. The fraction of sp³-hybridized carbons (Fsp3) is 0.526. The first kappa shape index (κ1) is 21.1. The van der Waals surface area contributed by atoms with Gasteiger partial charge in [0.15, 0.2) is 0 Å². The first-order valence-electron chi connectivity index (χ1n) is 9.13. The van der Waals surface area contributed by atoms with Crippen LogP contribution in [0.5, 0.6) is 0 Å². The van der Waals surface area contributed by atoms with Crippen molar-refractivity contribution in [2.45, 2.75) is 39.4 Å². The first-order valence-corrected chi connectivity index (χ1v) is 10.6. The molecule has 0 N–H and O–H groups in total. The van der Waals surface area contributed by atoms with Gasteiger partial charge in [-0.2, -0.15) is 4.68 Å². The molecule has 1 aromatic carbocycles. The third kappa shape index (κ3) is 4.20. The van der Waals surface area contributed by atoms with Crippen LogP contribution in [0, 0.1) is 6.92 Å². The van der Waals surface area contributed by atoms with E-state index in [-0.39, 0.29) is 10.8 Å². The van der Waals surface area contributed by atoms with Gasteiger partial charge in [-0.3, -0.25) is 4.79 Å². The number of fused-ring (bicyclic) bond motifs is 1. The molecule has 0 aliphatic carbocycles. The smallest absolute Gasteiger partial charge is 0.281 e. The molecule has 1 aliphatic heterocycles. The topological polar surface area (TPSA) is 82.8 Å². The van der Waals surface area contributed by atoms with E-state index >= 15 is 0 Å². The fourth-order valence-electron chi connectivity index (χ4n) is 2.98. The van der Waals surface area contributed by atoms with Crippen LogP contribution in [0.3, 0.4) is 0 Å². The van der Waals surface area contributed by atoms with Gasteiger partial charge in [0.05, 0.1) is 42.9 Å². The molecular weight excluding hydrogens is 400 g/mol. The molecule has 9 heteroatoms. The number of morpholine rings is 1. The molecule has 1 unspecified atom stereocenters. The Morgan fingerprint density at radius 2 is 1.96 bits per heavy atom. The van der Waals surface area contributed by atoms with Gasteiger partial charge in [0.25, 0.3) is 5.56 Å². The number of nitrogens with zero attached hydrogens (tertiary/aromatic N) is 4. The minimum Gasteiger partial charge on any atom is -0.591 e. The molecule has 1 aromatic heterocycles. The van der Waals surface area contributed by atoms with Crippen molar-refractivity contribution in [2.75, 3.05) is 31.3 Å². The van der Waals surface area contributed by atoms with Crippen LogP contribution >= 0.6 is 11.6 Å². The highest BCUT2D eigenvalue weighted by atomic mass is 35.5. The van der Waals surface area contributed by atoms with Gasteiger partial charge in [-0.15, -0.1) is 0 Å². The summed E-state index contributed by atoms with van der Waals surface area (Å²) >= 11 is 4.99. The number of hydrogen-bond donors (Lipinski definition) is 0. The number of aryl methyl sites for hydroxylation is 1. The first-order chi connectivity index (χ1) is 13.1. The molecule has 1 fully saturated rings. The summed E-state index contributed by atoms with van der Waals surface area (Å²) < 4.78 is 23.1. The zero-order valence-electron chi connectivity index (χ0n) is 16.8. The second-order valence-corrected chi connectivity index (χ2v) is 10.1. The largest absolute Gasteiger partial charge is 0.591 e. The van der Waals surface area contributed by atoms with Gasteiger partial charge < -0.3 is 14.3 Å². The molecule has 2 aromatic rings. The van der Waals surface area contributed by atoms with Crippen molar-refractivity contribution in [2.24, 2.45) is 4.40 Å². The van der Waals surface area contributed by atoms with Crippen molar-refractivity contribution in [3.63, 3.8) is 0 Å². The fourth-order valence-corrected chi connectivity index (χ4v) is 3.87. The van der Waals surface area contributed by atoms with Crippen LogP contribution in [0.15, 0.2) is 21.3 Å². The standard InChI is InChI=1S/C19H25ClN4O3S/c1-12-10-14(13(2)22-28(26)19(3,4)5)16-15(11-12)17(25)24(18(20)21-16)23-6-8-27-9-7-23/h10-11H,6-9H2,1-5H3. The minimum absolute atomic E-state index is 0.0919. The quantitative estimate of drug-likeness (QED) is 0.429. The summed E-state index contributed by atoms with van der Waals surface area (Å²) in [5.74, 6) is 0. The van der Waals surface area contributed by atoms with E-state index in [1.807, 2.05) is 38.8 Å². The summed E-state index contributed by atoms with van der Waals surface area (Å²) in [7, 11) is 0. The van der Waals surface area contributed by atoms with E-state index in [4.69, 9.17) is 16.3 Å². The number of halogens is 1. The van der Waals surface area contributed by atoms with Crippen molar-refractivity contribution in [1.29, 1.82) is 0 Å². The summed E-state index contributed by atoms with van der Waals surface area (Å²) in [4.78, 5) is 17.7. The Labute approximate surface area is 172 Å². The molecular formula is C19H25ClN4O3S. The molecule has 0 spiro atoms. The Balaban J connectivity index is 2.18. The number of aromatic nitrogens is 2. The highest BCUT2D eigenvalue weighted by Gasteiger charge is 2.27. The summed E-state index contributed by atoms with van der Waals surface area (Å²) in [5.41, 5.74) is 2.37. The maximum atomic E-state index is 13.2. The average Bonchev–Trinajstić information content (AvgIpc) is 2.62. The van der Waals surface area contributed by atoms with Crippen LogP contribution < -0.4 is 10.6 Å². The van der Waals surface area contributed by atoms with E-state index in [0.717, 1.165) is 5.56 Å². The van der Waals surface area contributed by atoms with Crippen LogP contribution in [0.4, 0.5) is 0 Å². The Hall–Kier alpha value is -1.61. The second kappa shape index (κ2) is 8.02. The summed E-state index contributed by atoms with van der Waals surface area (Å²) in [6.45, 7) is 11.5. The molecule has 1 aliphatic rings. The van der Waals surface area contributed by atoms with E-state index in [1.165, 1.54) is 4.68 Å². The zero-order chi connectivity index (χ0) is 20.6.